The van der Waals surface area contributed by atoms with E-state index in [2.05, 4.69) is 217 Å². The fourth-order valence-electron chi connectivity index (χ4n) is 9.90. The zero-order chi connectivity index (χ0) is 37.5. The molecule has 0 atom stereocenters. The summed E-state index contributed by atoms with van der Waals surface area (Å²) < 4.78 is 7.17. The highest BCUT2D eigenvalue weighted by Gasteiger charge is 2.52. The van der Waals surface area contributed by atoms with Crippen molar-refractivity contribution in [3.05, 3.63) is 235 Å². The van der Waals surface area contributed by atoms with E-state index in [-0.39, 0.29) is 0 Å². The minimum Gasteiger partial charge on any atom is -0.455 e. The maximum absolute atomic E-state index is 7.17. The highest BCUT2D eigenvalue weighted by molar-refractivity contribution is 6.05. The summed E-state index contributed by atoms with van der Waals surface area (Å²) in [5, 5.41) is 6.98. The summed E-state index contributed by atoms with van der Waals surface area (Å²) in [6.45, 7) is 0. The summed E-state index contributed by atoms with van der Waals surface area (Å²) in [4.78, 5) is 2.36. The van der Waals surface area contributed by atoms with Gasteiger partial charge in [0.25, 0.3) is 0 Å². The summed E-state index contributed by atoms with van der Waals surface area (Å²) in [6, 6.07) is 77.3. The maximum atomic E-state index is 7.17. The average molecular weight is 726 g/mol. The van der Waals surface area contributed by atoms with Crippen LogP contribution in [0.15, 0.2) is 212 Å². The van der Waals surface area contributed by atoms with Gasteiger partial charge in [-0.3, -0.25) is 0 Å². The topological polar surface area (TPSA) is 12.5 Å². The fraction of sp³-hybridized carbons (Fsp3) is 0.0182. The molecular weight excluding hydrogens is 691 g/mol. The molecule has 0 radical (unpaired) electrons. The lowest BCUT2D eigenvalue weighted by molar-refractivity contribution is 0.447. The van der Waals surface area contributed by atoms with E-state index in [0.717, 1.165) is 39.3 Å². The largest absolute Gasteiger partial charge is 0.455 e. The van der Waals surface area contributed by atoms with Crippen molar-refractivity contribution in [2.45, 2.75) is 5.41 Å². The van der Waals surface area contributed by atoms with Crippen molar-refractivity contribution in [2.75, 3.05) is 4.90 Å². The Morgan fingerprint density at radius 2 is 0.895 bits per heavy atom. The van der Waals surface area contributed by atoms with Crippen LogP contribution < -0.4 is 9.64 Å². The lowest BCUT2D eigenvalue weighted by Gasteiger charge is -2.40. The Kier molecular flexibility index (Phi) is 6.88. The van der Waals surface area contributed by atoms with Crippen LogP contribution in [0.1, 0.15) is 22.3 Å². The second kappa shape index (κ2) is 12.3. The highest BCUT2D eigenvalue weighted by atomic mass is 16.5. The van der Waals surface area contributed by atoms with Crippen molar-refractivity contribution in [1.82, 2.24) is 0 Å². The monoisotopic (exact) mass is 725 g/mol. The van der Waals surface area contributed by atoms with Crippen LogP contribution >= 0.6 is 0 Å². The van der Waals surface area contributed by atoms with Gasteiger partial charge >= 0.3 is 0 Å². The molecule has 10 aromatic carbocycles. The van der Waals surface area contributed by atoms with E-state index >= 15 is 0 Å². The molecule has 0 saturated carbocycles. The Balaban J connectivity index is 1.11. The summed E-state index contributed by atoms with van der Waals surface area (Å²) in [7, 11) is 0. The van der Waals surface area contributed by atoms with Crippen molar-refractivity contribution in [3.63, 3.8) is 0 Å². The quantitative estimate of drug-likeness (QED) is 0.179. The molecule has 2 aliphatic rings. The molecule has 0 unspecified atom stereocenters. The molecule has 0 amide bonds. The van der Waals surface area contributed by atoms with Gasteiger partial charge in [-0.05, 0) is 85.9 Å². The highest BCUT2D eigenvalue weighted by Crippen LogP contribution is 2.65. The van der Waals surface area contributed by atoms with Crippen LogP contribution in [-0.4, -0.2) is 0 Å². The Morgan fingerprint density at radius 1 is 0.351 bits per heavy atom. The molecule has 1 heterocycles. The second-order valence-electron chi connectivity index (χ2n) is 15.2. The molecule has 0 aromatic heterocycles. The molecule has 0 N–H and O–H groups in total. The molecule has 2 nitrogen and oxygen atoms in total. The normalized spacial score (nSPS) is 13.2. The van der Waals surface area contributed by atoms with E-state index < -0.39 is 5.41 Å². The van der Waals surface area contributed by atoms with Gasteiger partial charge in [-0.25, -0.2) is 0 Å². The average Bonchev–Trinajstić information content (AvgIpc) is 3.57. The first-order valence-corrected chi connectivity index (χ1v) is 19.7. The summed E-state index contributed by atoms with van der Waals surface area (Å²) in [5.41, 5.74) is 12.7. The van der Waals surface area contributed by atoms with Gasteiger partial charge in [-0.1, -0.05) is 176 Å². The molecular formula is C55H35NO. The Labute approximate surface area is 331 Å². The first-order chi connectivity index (χ1) is 28.3. The number of ether oxygens (including phenoxy) is 1. The molecule has 1 aliphatic carbocycles. The fourth-order valence-corrected chi connectivity index (χ4v) is 9.90. The van der Waals surface area contributed by atoms with Crippen molar-refractivity contribution >= 4 is 49.4 Å². The van der Waals surface area contributed by atoms with E-state index in [9.17, 15) is 0 Å². The first-order valence-electron chi connectivity index (χ1n) is 19.7. The van der Waals surface area contributed by atoms with Crippen LogP contribution in [0.25, 0.3) is 54.6 Å². The molecule has 0 saturated heterocycles. The van der Waals surface area contributed by atoms with Gasteiger partial charge in [0.2, 0.25) is 0 Å². The Hall–Kier alpha value is -7.42. The SMILES string of the molecule is c1ccc(N(c2ccccc2)c2cccc3cc(-c4cccc5c4-c4ccccc4C54c5ccc6ccccc6c5Oc5c4ccc4ccccc54)ccc23)cc1. The van der Waals surface area contributed by atoms with E-state index in [1.165, 1.54) is 66.1 Å². The van der Waals surface area contributed by atoms with Gasteiger partial charge in [0.05, 0.1) is 11.1 Å². The van der Waals surface area contributed by atoms with Crippen molar-refractivity contribution in [3.8, 4) is 33.8 Å². The van der Waals surface area contributed by atoms with E-state index in [1.54, 1.807) is 0 Å². The molecule has 2 heteroatoms. The van der Waals surface area contributed by atoms with Crippen molar-refractivity contribution in [2.24, 2.45) is 0 Å². The van der Waals surface area contributed by atoms with E-state index in [1.807, 2.05) is 0 Å². The minimum absolute atomic E-state index is 0.588. The Bertz CT molecular complexity index is 3100. The van der Waals surface area contributed by atoms with Crippen LogP contribution in [-0.2, 0) is 5.41 Å². The molecule has 1 spiro atoms. The number of hydrogen-bond acceptors (Lipinski definition) is 2. The van der Waals surface area contributed by atoms with Crippen LogP contribution in [0.3, 0.4) is 0 Å². The Morgan fingerprint density at radius 3 is 1.58 bits per heavy atom. The first kappa shape index (κ1) is 31.9. The third-order valence-electron chi connectivity index (χ3n) is 12.3. The van der Waals surface area contributed by atoms with Crippen LogP contribution in [0.2, 0.25) is 0 Å². The van der Waals surface area contributed by atoms with Crippen molar-refractivity contribution < 1.29 is 4.74 Å². The number of para-hydroxylation sites is 2. The zero-order valence-electron chi connectivity index (χ0n) is 31.1. The van der Waals surface area contributed by atoms with Gasteiger partial charge in [0, 0.05) is 38.7 Å². The summed E-state index contributed by atoms with van der Waals surface area (Å²) >= 11 is 0. The third kappa shape index (κ3) is 4.53. The molecule has 12 rings (SSSR count). The standard InChI is InChI=1S/C55H35NO/c1-3-18-40(19-4-1)56(41-20-5-2-6-21-41)51-28-13-17-38-35-39(29-32-42(38)51)43-25-14-27-48-52(43)46-24-11-12-26-47(46)55(48)49-33-30-36-15-7-9-22-44(36)53(49)57-54-45-23-10-8-16-37(45)31-34-50(54)55/h1-35H. The lowest BCUT2D eigenvalue weighted by atomic mass is 9.65. The van der Waals surface area contributed by atoms with Crippen LogP contribution in [0, 0.1) is 0 Å². The third-order valence-corrected chi connectivity index (χ3v) is 12.3. The summed E-state index contributed by atoms with van der Waals surface area (Å²) in [5.74, 6) is 1.87. The molecule has 57 heavy (non-hydrogen) atoms. The van der Waals surface area contributed by atoms with Crippen molar-refractivity contribution in [1.29, 1.82) is 0 Å². The molecule has 266 valence electrons. The van der Waals surface area contributed by atoms with Crippen LogP contribution in [0.5, 0.6) is 11.5 Å². The van der Waals surface area contributed by atoms with E-state index in [4.69, 9.17) is 4.74 Å². The number of fused-ring (bicyclic) bond motifs is 14. The van der Waals surface area contributed by atoms with Gasteiger partial charge < -0.3 is 9.64 Å². The van der Waals surface area contributed by atoms with Gasteiger partial charge in [-0.15, -0.1) is 0 Å². The lowest BCUT2D eigenvalue weighted by Crippen LogP contribution is -2.32. The van der Waals surface area contributed by atoms with Gasteiger partial charge in [0.1, 0.15) is 11.5 Å². The molecule has 0 bridgehead atoms. The second-order valence-corrected chi connectivity index (χ2v) is 15.2. The smallest absolute Gasteiger partial charge is 0.140 e. The molecule has 0 fully saturated rings. The van der Waals surface area contributed by atoms with Crippen LogP contribution in [0.4, 0.5) is 17.1 Å². The predicted molar refractivity (Wildman–Crippen MR) is 236 cm³/mol. The zero-order valence-corrected chi connectivity index (χ0v) is 31.1. The maximum Gasteiger partial charge on any atom is 0.140 e. The number of anilines is 3. The molecule has 10 aromatic rings. The van der Waals surface area contributed by atoms with Gasteiger partial charge in [-0.2, -0.15) is 0 Å². The number of benzene rings is 10. The predicted octanol–water partition coefficient (Wildman–Crippen LogP) is 14.8. The summed E-state index contributed by atoms with van der Waals surface area (Å²) in [6.07, 6.45) is 0. The van der Waals surface area contributed by atoms with Gasteiger partial charge in [0.15, 0.2) is 0 Å². The number of nitrogens with zero attached hydrogens (tertiary/aromatic N) is 1. The van der Waals surface area contributed by atoms with E-state index in [0.29, 0.717) is 0 Å². The number of rotatable bonds is 4. The number of hydrogen-bond donors (Lipinski definition) is 0. The minimum atomic E-state index is -0.588. The molecule has 1 aliphatic heterocycles.